The molecule has 0 atom stereocenters. The molecule has 0 bridgehead atoms. The first kappa shape index (κ1) is 14.3. The molecule has 0 unspecified atom stereocenters. The molecule has 0 amide bonds. The van der Waals surface area contributed by atoms with Gasteiger partial charge in [0.1, 0.15) is 16.8 Å². The van der Waals surface area contributed by atoms with E-state index in [0.717, 1.165) is 56.2 Å². The predicted molar refractivity (Wildman–Crippen MR) is 77.8 cm³/mol. The van der Waals surface area contributed by atoms with Crippen LogP contribution in [0, 0.1) is 6.92 Å². The highest BCUT2D eigenvalue weighted by Crippen LogP contribution is 2.20. The smallest absolute Gasteiger partial charge is 0.137 e. The van der Waals surface area contributed by atoms with Gasteiger partial charge in [0.05, 0.1) is 13.2 Å². The fraction of sp³-hybridized carbons (Fsp3) is 0.571. The van der Waals surface area contributed by atoms with E-state index in [1.165, 1.54) is 5.57 Å². The van der Waals surface area contributed by atoms with Gasteiger partial charge in [-0.1, -0.05) is 30.2 Å². The van der Waals surface area contributed by atoms with Crippen molar-refractivity contribution in [2.45, 2.75) is 33.1 Å². The highest BCUT2D eigenvalue weighted by Gasteiger charge is 2.09. The number of halogens is 1. The third kappa shape index (κ3) is 3.91. The standard InChI is InChI=1S/C14H20ClN3O/c1-3-12-17-13(15)10(2)14(18-12)16-7-4-11-5-8-19-9-6-11/h5H,3-4,6-9H2,1-2H3,(H,16,17,18). The number of hydrogen-bond donors (Lipinski definition) is 1. The van der Waals surface area contributed by atoms with Crippen LogP contribution < -0.4 is 5.32 Å². The van der Waals surface area contributed by atoms with Gasteiger partial charge < -0.3 is 10.1 Å². The minimum absolute atomic E-state index is 0.541. The summed E-state index contributed by atoms with van der Waals surface area (Å²) in [6, 6.07) is 0. The molecule has 0 aromatic carbocycles. The normalized spacial score (nSPS) is 15.2. The molecule has 19 heavy (non-hydrogen) atoms. The molecule has 0 aliphatic carbocycles. The van der Waals surface area contributed by atoms with Gasteiger partial charge in [0, 0.05) is 18.5 Å². The number of nitrogens with zero attached hydrogens (tertiary/aromatic N) is 2. The fourth-order valence-corrected chi connectivity index (χ4v) is 2.18. The molecular weight excluding hydrogens is 262 g/mol. The minimum Gasteiger partial charge on any atom is -0.377 e. The van der Waals surface area contributed by atoms with Crippen LogP contribution in [0.1, 0.15) is 31.2 Å². The number of ether oxygens (including phenoxy) is 1. The maximum absolute atomic E-state index is 6.11. The quantitative estimate of drug-likeness (QED) is 0.665. The zero-order valence-corrected chi connectivity index (χ0v) is 12.3. The summed E-state index contributed by atoms with van der Waals surface area (Å²) in [6.45, 7) is 6.41. The third-order valence-corrected chi connectivity index (χ3v) is 3.61. The van der Waals surface area contributed by atoms with Crippen LogP contribution in [0.2, 0.25) is 5.15 Å². The summed E-state index contributed by atoms with van der Waals surface area (Å²) >= 11 is 6.11. The van der Waals surface area contributed by atoms with Gasteiger partial charge in [-0.05, 0) is 19.8 Å². The summed E-state index contributed by atoms with van der Waals surface area (Å²) in [4.78, 5) is 8.72. The van der Waals surface area contributed by atoms with Gasteiger partial charge in [0.2, 0.25) is 0 Å². The lowest BCUT2D eigenvalue weighted by atomic mass is 10.1. The van der Waals surface area contributed by atoms with Gasteiger partial charge in [-0.3, -0.25) is 0 Å². The summed E-state index contributed by atoms with van der Waals surface area (Å²) in [6.07, 6.45) is 5.01. The minimum atomic E-state index is 0.541. The Balaban J connectivity index is 1.95. The highest BCUT2D eigenvalue weighted by atomic mass is 35.5. The fourth-order valence-electron chi connectivity index (χ4n) is 2.00. The molecular formula is C14H20ClN3O. The van der Waals surface area contributed by atoms with Crippen LogP contribution in [0.15, 0.2) is 11.6 Å². The van der Waals surface area contributed by atoms with Gasteiger partial charge in [-0.2, -0.15) is 0 Å². The molecule has 2 heterocycles. The molecule has 0 radical (unpaired) electrons. The molecule has 1 aliphatic heterocycles. The van der Waals surface area contributed by atoms with E-state index in [1.54, 1.807) is 0 Å². The molecule has 5 heteroatoms. The van der Waals surface area contributed by atoms with Crippen molar-refractivity contribution in [1.29, 1.82) is 0 Å². The topological polar surface area (TPSA) is 47.0 Å². The molecule has 0 saturated heterocycles. The Morgan fingerprint density at radius 3 is 2.95 bits per heavy atom. The Kier molecular flexibility index (Phi) is 5.16. The summed E-state index contributed by atoms with van der Waals surface area (Å²) < 4.78 is 5.29. The number of nitrogens with one attached hydrogen (secondary N) is 1. The Morgan fingerprint density at radius 1 is 1.42 bits per heavy atom. The average Bonchev–Trinajstić information content (AvgIpc) is 2.44. The summed E-state index contributed by atoms with van der Waals surface area (Å²) in [5, 5.41) is 3.90. The Bertz CT molecular complexity index is 474. The first-order valence-corrected chi connectivity index (χ1v) is 7.11. The molecule has 1 aromatic rings. The van der Waals surface area contributed by atoms with Gasteiger partial charge in [-0.25, -0.2) is 9.97 Å². The van der Waals surface area contributed by atoms with Crippen molar-refractivity contribution in [2.24, 2.45) is 0 Å². The first-order chi connectivity index (χ1) is 9.20. The number of rotatable bonds is 5. The lowest BCUT2D eigenvalue weighted by Gasteiger charge is -2.15. The van der Waals surface area contributed by atoms with Crippen molar-refractivity contribution in [3.8, 4) is 0 Å². The number of hydrogen-bond acceptors (Lipinski definition) is 4. The van der Waals surface area contributed by atoms with Gasteiger partial charge in [0.15, 0.2) is 0 Å². The summed E-state index contributed by atoms with van der Waals surface area (Å²) in [7, 11) is 0. The largest absolute Gasteiger partial charge is 0.377 e. The van der Waals surface area contributed by atoms with Gasteiger partial charge in [0.25, 0.3) is 0 Å². The van der Waals surface area contributed by atoms with Crippen LogP contribution in [0.4, 0.5) is 5.82 Å². The zero-order valence-electron chi connectivity index (χ0n) is 11.5. The Hall–Kier alpha value is -1.13. The first-order valence-electron chi connectivity index (χ1n) is 6.73. The number of anilines is 1. The maximum atomic E-state index is 6.11. The molecule has 4 nitrogen and oxygen atoms in total. The summed E-state index contributed by atoms with van der Waals surface area (Å²) in [5.41, 5.74) is 2.37. The van der Waals surface area contributed by atoms with Crippen molar-refractivity contribution in [1.82, 2.24) is 9.97 Å². The number of aryl methyl sites for hydroxylation is 1. The van der Waals surface area contributed by atoms with E-state index < -0.39 is 0 Å². The monoisotopic (exact) mass is 281 g/mol. The van der Waals surface area contributed by atoms with E-state index in [4.69, 9.17) is 16.3 Å². The van der Waals surface area contributed by atoms with Gasteiger partial charge in [-0.15, -0.1) is 0 Å². The van der Waals surface area contributed by atoms with Crippen molar-refractivity contribution >= 4 is 17.4 Å². The van der Waals surface area contributed by atoms with Gasteiger partial charge >= 0.3 is 0 Å². The van der Waals surface area contributed by atoms with Crippen LogP contribution in [0.25, 0.3) is 0 Å². The highest BCUT2D eigenvalue weighted by molar-refractivity contribution is 6.30. The van der Waals surface area contributed by atoms with E-state index in [1.807, 2.05) is 13.8 Å². The van der Waals surface area contributed by atoms with Crippen molar-refractivity contribution in [2.75, 3.05) is 25.1 Å². The maximum Gasteiger partial charge on any atom is 0.137 e. The molecule has 0 fully saturated rings. The zero-order chi connectivity index (χ0) is 13.7. The molecule has 104 valence electrons. The van der Waals surface area contributed by atoms with Crippen LogP contribution in [-0.4, -0.2) is 29.7 Å². The summed E-state index contributed by atoms with van der Waals surface area (Å²) in [5.74, 6) is 1.63. The second kappa shape index (κ2) is 6.87. The average molecular weight is 282 g/mol. The van der Waals surface area contributed by atoms with E-state index in [2.05, 4.69) is 21.4 Å². The van der Waals surface area contributed by atoms with E-state index >= 15 is 0 Å². The van der Waals surface area contributed by atoms with E-state index in [-0.39, 0.29) is 0 Å². The van der Waals surface area contributed by atoms with Crippen molar-refractivity contribution in [3.05, 3.63) is 28.2 Å². The molecule has 1 aromatic heterocycles. The van der Waals surface area contributed by atoms with E-state index in [9.17, 15) is 0 Å². The molecule has 0 spiro atoms. The van der Waals surface area contributed by atoms with Crippen LogP contribution in [0.5, 0.6) is 0 Å². The molecule has 1 aliphatic rings. The SMILES string of the molecule is CCc1nc(Cl)c(C)c(NCCC2=CCOCC2)n1. The molecule has 2 rings (SSSR count). The molecule has 0 saturated carbocycles. The lowest BCUT2D eigenvalue weighted by Crippen LogP contribution is -2.11. The second-order valence-electron chi connectivity index (χ2n) is 4.62. The number of aromatic nitrogens is 2. The third-order valence-electron chi connectivity index (χ3n) is 3.24. The van der Waals surface area contributed by atoms with Crippen LogP contribution in [0.3, 0.4) is 0 Å². The van der Waals surface area contributed by atoms with E-state index in [0.29, 0.717) is 5.15 Å². The van der Waals surface area contributed by atoms with Crippen molar-refractivity contribution in [3.63, 3.8) is 0 Å². The molecule has 1 N–H and O–H groups in total. The lowest BCUT2D eigenvalue weighted by molar-refractivity contribution is 0.153. The Labute approximate surface area is 119 Å². The second-order valence-corrected chi connectivity index (χ2v) is 4.98. The van der Waals surface area contributed by atoms with Crippen LogP contribution in [-0.2, 0) is 11.2 Å². The Morgan fingerprint density at radius 2 is 2.26 bits per heavy atom. The predicted octanol–water partition coefficient (Wildman–Crippen LogP) is 3.15. The van der Waals surface area contributed by atoms with Crippen LogP contribution >= 0.6 is 11.6 Å². The van der Waals surface area contributed by atoms with Crippen molar-refractivity contribution < 1.29 is 4.74 Å².